The van der Waals surface area contributed by atoms with Crippen LogP contribution in [0.1, 0.15) is 17.3 Å². The maximum absolute atomic E-state index is 11.7. The van der Waals surface area contributed by atoms with E-state index in [1.54, 1.807) is 24.3 Å². The minimum atomic E-state index is -0.630. The van der Waals surface area contributed by atoms with Gasteiger partial charge in [0.1, 0.15) is 5.75 Å². The molecule has 0 bridgehead atoms. The molecule has 0 radical (unpaired) electrons. The third kappa shape index (κ3) is 4.05. The van der Waals surface area contributed by atoms with Gasteiger partial charge in [-0.3, -0.25) is 4.79 Å². The Morgan fingerprint density at radius 1 is 1.29 bits per heavy atom. The zero-order valence-corrected chi connectivity index (χ0v) is 9.72. The van der Waals surface area contributed by atoms with E-state index in [-0.39, 0.29) is 19.1 Å². The highest BCUT2D eigenvalue weighted by Crippen LogP contribution is 2.11. The summed E-state index contributed by atoms with van der Waals surface area (Å²) in [6, 6.07) is 6.03. The lowest BCUT2D eigenvalue weighted by atomic mass is 10.2. The minimum Gasteiger partial charge on any atom is -0.494 e. The van der Waals surface area contributed by atoms with Crippen LogP contribution in [0, 0.1) is 0 Å². The van der Waals surface area contributed by atoms with E-state index in [1.165, 1.54) is 0 Å². The molecule has 0 aromatic heterocycles. The van der Waals surface area contributed by atoms with E-state index in [9.17, 15) is 4.79 Å². The third-order valence-corrected chi connectivity index (χ3v) is 2.20. The van der Waals surface area contributed by atoms with Crippen LogP contribution in [0.25, 0.3) is 0 Å². The van der Waals surface area contributed by atoms with Crippen molar-refractivity contribution in [2.75, 3.05) is 19.8 Å². The maximum Gasteiger partial charge on any atom is 0.251 e. The van der Waals surface area contributed by atoms with E-state index >= 15 is 0 Å². The van der Waals surface area contributed by atoms with Crippen LogP contribution in [0.3, 0.4) is 0 Å². The average Bonchev–Trinajstić information content (AvgIpc) is 2.37. The Kier molecular flexibility index (Phi) is 5.45. The van der Waals surface area contributed by atoms with E-state index in [0.717, 1.165) is 0 Å². The molecule has 3 N–H and O–H groups in total. The molecule has 0 aliphatic rings. The van der Waals surface area contributed by atoms with Gasteiger partial charge in [-0.1, -0.05) is 0 Å². The Bertz CT molecular complexity index is 346. The predicted molar refractivity (Wildman–Crippen MR) is 63.0 cm³/mol. The Morgan fingerprint density at radius 3 is 2.35 bits per heavy atom. The zero-order valence-electron chi connectivity index (χ0n) is 9.72. The molecule has 1 aromatic carbocycles. The second-order valence-corrected chi connectivity index (χ2v) is 3.49. The van der Waals surface area contributed by atoms with Crippen LogP contribution in [0.5, 0.6) is 5.75 Å². The molecular weight excluding hydrogens is 222 g/mol. The normalized spacial score (nSPS) is 10.4. The molecule has 1 rings (SSSR count). The molecule has 94 valence electrons. The van der Waals surface area contributed by atoms with E-state index in [0.29, 0.717) is 17.9 Å². The van der Waals surface area contributed by atoms with Gasteiger partial charge in [-0.15, -0.1) is 0 Å². The van der Waals surface area contributed by atoms with Crippen LogP contribution in [0.2, 0.25) is 0 Å². The smallest absolute Gasteiger partial charge is 0.251 e. The first-order valence-corrected chi connectivity index (χ1v) is 5.46. The summed E-state index contributed by atoms with van der Waals surface area (Å²) in [4.78, 5) is 11.7. The summed E-state index contributed by atoms with van der Waals surface area (Å²) in [5, 5.41) is 20.2. The molecule has 0 aliphatic heterocycles. The Labute approximate surface area is 100 Å². The lowest BCUT2D eigenvalue weighted by molar-refractivity contribution is 0.0879. The van der Waals surface area contributed by atoms with E-state index in [4.69, 9.17) is 14.9 Å². The van der Waals surface area contributed by atoms with Crippen LogP contribution < -0.4 is 10.1 Å². The summed E-state index contributed by atoms with van der Waals surface area (Å²) in [6.07, 6.45) is 0. The number of carbonyl (C=O) groups excluding carboxylic acids is 1. The number of hydrogen-bond acceptors (Lipinski definition) is 4. The molecular formula is C12H17NO4. The SMILES string of the molecule is CCOc1ccc(C(=O)NC(CO)CO)cc1. The summed E-state index contributed by atoms with van der Waals surface area (Å²) >= 11 is 0. The second kappa shape index (κ2) is 6.88. The van der Waals surface area contributed by atoms with Gasteiger partial charge in [0.2, 0.25) is 0 Å². The van der Waals surface area contributed by atoms with Crippen LogP contribution in [-0.4, -0.2) is 42.0 Å². The number of rotatable bonds is 6. The van der Waals surface area contributed by atoms with Gasteiger partial charge in [0.05, 0.1) is 25.9 Å². The summed E-state index contributed by atoms with van der Waals surface area (Å²) in [6.45, 7) is 1.87. The van der Waals surface area contributed by atoms with Crippen LogP contribution >= 0.6 is 0 Å². The number of ether oxygens (including phenoxy) is 1. The van der Waals surface area contributed by atoms with Gasteiger partial charge in [-0.2, -0.15) is 0 Å². The van der Waals surface area contributed by atoms with E-state index in [2.05, 4.69) is 5.32 Å². The molecule has 0 atom stereocenters. The summed E-state index contributed by atoms with van der Waals surface area (Å²) in [7, 11) is 0. The van der Waals surface area contributed by atoms with Crippen molar-refractivity contribution < 1.29 is 19.7 Å². The first-order chi connectivity index (χ1) is 8.21. The number of benzene rings is 1. The van der Waals surface area contributed by atoms with E-state index < -0.39 is 6.04 Å². The molecule has 5 nitrogen and oxygen atoms in total. The van der Waals surface area contributed by atoms with Crippen molar-refractivity contribution in [3.05, 3.63) is 29.8 Å². The highest BCUT2D eigenvalue weighted by Gasteiger charge is 2.11. The molecule has 17 heavy (non-hydrogen) atoms. The van der Waals surface area contributed by atoms with Crippen LogP contribution in [-0.2, 0) is 0 Å². The monoisotopic (exact) mass is 239 g/mol. The predicted octanol–water partition coefficient (Wildman–Crippen LogP) is 0.168. The fraction of sp³-hybridized carbons (Fsp3) is 0.417. The molecule has 0 saturated carbocycles. The van der Waals surface area contributed by atoms with Crippen molar-refractivity contribution in [2.45, 2.75) is 13.0 Å². The van der Waals surface area contributed by atoms with Gasteiger partial charge in [-0.25, -0.2) is 0 Å². The van der Waals surface area contributed by atoms with Crippen LogP contribution in [0.15, 0.2) is 24.3 Å². The Morgan fingerprint density at radius 2 is 1.88 bits per heavy atom. The van der Waals surface area contributed by atoms with Crippen molar-refractivity contribution in [1.82, 2.24) is 5.32 Å². The lowest BCUT2D eigenvalue weighted by Gasteiger charge is -2.13. The Hall–Kier alpha value is -1.59. The number of nitrogens with one attached hydrogen (secondary N) is 1. The molecule has 0 spiro atoms. The zero-order chi connectivity index (χ0) is 12.7. The molecule has 0 heterocycles. The molecule has 0 aliphatic carbocycles. The first-order valence-electron chi connectivity index (χ1n) is 5.46. The number of amides is 1. The topological polar surface area (TPSA) is 78.8 Å². The minimum absolute atomic E-state index is 0.292. The van der Waals surface area contributed by atoms with Crippen molar-refractivity contribution in [3.8, 4) is 5.75 Å². The lowest BCUT2D eigenvalue weighted by Crippen LogP contribution is -2.40. The molecule has 0 unspecified atom stereocenters. The number of carbonyl (C=O) groups is 1. The van der Waals surface area contributed by atoms with Crippen molar-refractivity contribution >= 4 is 5.91 Å². The maximum atomic E-state index is 11.7. The standard InChI is InChI=1S/C12H17NO4/c1-2-17-11-5-3-9(4-6-11)12(16)13-10(7-14)8-15/h3-6,10,14-15H,2,7-8H2,1H3,(H,13,16). The highest BCUT2D eigenvalue weighted by molar-refractivity contribution is 5.94. The number of aliphatic hydroxyl groups excluding tert-OH is 2. The fourth-order valence-corrected chi connectivity index (χ4v) is 1.29. The van der Waals surface area contributed by atoms with Crippen molar-refractivity contribution in [1.29, 1.82) is 0 Å². The number of aliphatic hydroxyl groups is 2. The van der Waals surface area contributed by atoms with Gasteiger partial charge >= 0.3 is 0 Å². The van der Waals surface area contributed by atoms with Crippen molar-refractivity contribution in [3.63, 3.8) is 0 Å². The quantitative estimate of drug-likeness (QED) is 0.661. The second-order valence-electron chi connectivity index (χ2n) is 3.49. The van der Waals surface area contributed by atoms with Gasteiger partial charge in [0.15, 0.2) is 0 Å². The average molecular weight is 239 g/mol. The summed E-state index contributed by atoms with van der Waals surface area (Å²) in [5.41, 5.74) is 0.459. The molecule has 5 heteroatoms. The van der Waals surface area contributed by atoms with Gasteiger partial charge < -0.3 is 20.3 Å². The fourth-order valence-electron chi connectivity index (χ4n) is 1.29. The molecule has 1 aromatic rings. The van der Waals surface area contributed by atoms with Gasteiger partial charge in [0, 0.05) is 5.56 Å². The molecule has 0 fully saturated rings. The molecule has 0 saturated heterocycles. The highest BCUT2D eigenvalue weighted by atomic mass is 16.5. The van der Waals surface area contributed by atoms with Crippen LogP contribution in [0.4, 0.5) is 0 Å². The van der Waals surface area contributed by atoms with Gasteiger partial charge in [-0.05, 0) is 31.2 Å². The largest absolute Gasteiger partial charge is 0.494 e. The number of hydrogen-bond donors (Lipinski definition) is 3. The molecule has 1 amide bonds. The van der Waals surface area contributed by atoms with E-state index in [1.807, 2.05) is 6.92 Å². The third-order valence-electron chi connectivity index (χ3n) is 2.20. The Balaban J connectivity index is 2.63. The summed E-state index contributed by atoms with van der Waals surface area (Å²) in [5.74, 6) is 0.367. The van der Waals surface area contributed by atoms with Crippen molar-refractivity contribution in [2.24, 2.45) is 0 Å². The summed E-state index contributed by atoms with van der Waals surface area (Å²) < 4.78 is 5.25. The first kappa shape index (κ1) is 13.5. The van der Waals surface area contributed by atoms with Gasteiger partial charge in [0.25, 0.3) is 5.91 Å².